The number of nitrogens with zero attached hydrogens (tertiary/aromatic N) is 2. The first kappa shape index (κ1) is 13.8. The maximum Gasteiger partial charge on any atom is 0.265 e. The van der Waals surface area contributed by atoms with Crippen LogP contribution in [0.1, 0.15) is 35.1 Å². The summed E-state index contributed by atoms with van der Waals surface area (Å²) in [7, 11) is 0. The smallest absolute Gasteiger partial charge is 0.265 e. The molecule has 0 aromatic carbocycles. The van der Waals surface area contributed by atoms with Gasteiger partial charge in [-0.05, 0) is 37.1 Å². The standard InChI is InChI=1S/C15H18N2OS2/c1-10-4-3-6-17(8-10)15(18)13-11(2)16-14(20-13)12-5-7-19-9-12/h5,7,9-10H,3-4,6,8H2,1-2H3/t10-/m0/s1. The third-order valence-electron chi connectivity index (χ3n) is 3.70. The molecule has 0 radical (unpaired) electrons. The lowest BCUT2D eigenvalue weighted by molar-refractivity contribution is 0.0687. The van der Waals surface area contributed by atoms with Gasteiger partial charge in [0.25, 0.3) is 5.91 Å². The van der Waals surface area contributed by atoms with Crippen molar-refractivity contribution in [1.29, 1.82) is 0 Å². The zero-order chi connectivity index (χ0) is 14.1. The van der Waals surface area contributed by atoms with E-state index in [1.165, 1.54) is 17.8 Å². The summed E-state index contributed by atoms with van der Waals surface area (Å²) >= 11 is 3.18. The Morgan fingerprint density at radius 3 is 3.05 bits per heavy atom. The molecule has 2 aromatic rings. The normalized spacial score (nSPS) is 19.3. The van der Waals surface area contributed by atoms with E-state index in [4.69, 9.17) is 0 Å². The molecule has 0 spiro atoms. The van der Waals surface area contributed by atoms with Gasteiger partial charge in [-0.1, -0.05) is 6.92 Å². The number of piperidine rings is 1. The lowest BCUT2D eigenvalue weighted by Crippen LogP contribution is -2.39. The van der Waals surface area contributed by atoms with Gasteiger partial charge in [0, 0.05) is 24.0 Å². The van der Waals surface area contributed by atoms with Gasteiger partial charge in [0.15, 0.2) is 0 Å². The number of thiophene rings is 1. The van der Waals surface area contributed by atoms with E-state index in [9.17, 15) is 4.79 Å². The molecule has 106 valence electrons. The first-order chi connectivity index (χ1) is 9.65. The van der Waals surface area contributed by atoms with E-state index < -0.39 is 0 Å². The van der Waals surface area contributed by atoms with Crippen molar-refractivity contribution in [2.24, 2.45) is 5.92 Å². The number of thiazole rings is 1. The molecule has 0 unspecified atom stereocenters. The molecule has 1 atom stereocenters. The molecule has 0 aliphatic carbocycles. The topological polar surface area (TPSA) is 33.2 Å². The van der Waals surface area contributed by atoms with Crippen molar-refractivity contribution in [2.75, 3.05) is 13.1 Å². The van der Waals surface area contributed by atoms with Crippen LogP contribution in [-0.4, -0.2) is 28.9 Å². The number of hydrogen-bond donors (Lipinski definition) is 0. The second-order valence-electron chi connectivity index (χ2n) is 5.44. The molecule has 0 N–H and O–H groups in total. The largest absolute Gasteiger partial charge is 0.338 e. The third kappa shape index (κ3) is 2.65. The van der Waals surface area contributed by atoms with E-state index in [1.54, 1.807) is 11.3 Å². The molecule has 1 aliphatic rings. The molecular weight excluding hydrogens is 288 g/mol. The number of likely N-dealkylation sites (tertiary alicyclic amines) is 1. The van der Waals surface area contributed by atoms with Gasteiger partial charge in [0.05, 0.1) is 5.69 Å². The van der Waals surface area contributed by atoms with Gasteiger partial charge in [-0.3, -0.25) is 4.79 Å². The summed E-state index contributed by atoms with van der Waals surface area (Å²) in [5.74, 6) is 0.769. The van der Waals surface area contributed by atoms with Crippen molar-refractivity contribution in [3.05, 3.63) is 27.4 Å². The highest BCUT2D eigenvalue weighted by Gasteiger charge is 2.25. The van der Waals surface area contributed by atoms with Crippen LogP contribution in [-0.2, 0) is 0 Å². The van der Waals surface area contributed by atoms with Gasteiger partial charge in [0.2, 0.25) is 0 Å². The van der Waals surface area contributed by atoms with Gasteiger partial charge >= 0.3 is 0 Å². The Bertz CT molecular complexity index is 603. The molecule has 0 bridgehead atoms. The fraction of sp³-hybridized carbons (Fsp3) is 0.467. The van der Waals surface area contributed by atoms with Crippen LogP contribution in [0.25, 0.3) is 10.6 Å². The Kier molecular flexibility index (Phi) is 3.89. The molecule has 1 saturated heterocycles. The molecule has 3 heterocycles. The van der Waals surface area contributed by atoms with Crippen LogP contribution >= 0.6 is 22.7 Å². The Morgan fingerprint density at radius 2 is 2.35 bits per heavy atom. The summed E-state index contributed by atoms with van der Waals surface area (Å²) in [6.07, 6.45) is 2.34. The zero-order valence-corrected chi connectivity index (χ0v) is 13.4. The average molecular weight is 306 g/mol. The number of hydrogen-bond acceptors (Lipinski definition) is 4. The van der Waals surface area contributed by atoms with Crippen LogP contribution in [0.15, 0.2) is 16.8 Å². The predicted octanol–water partition coefficient (Wildman–Crippen LogP) is 4.05. The number of rotatable bonds is 2. The number of carbonyl (C=O) groups excluding carboxylic acids is 1. The molecule has 2 aromatic heterocycles. The molecule has 1 amide bonds. The Labute approximate surface area is 127 Å². The summed E-state index contributed by atoms with van der Waals surface area (Å²) in [5, 5.41) is 5.08. The van der Waals surface area contributed by atoms with E-state index in [0.29, 0.717) is 5.92 Å². The van der Waals surface area contributed by atoms with Crippen LogP contribution in [0, 0.1) is 12.8 Å². The van der Waals surface area contributed by atoms with Gasteiger partial charge in [-0.15, -0.1) is 11.3 Å². The van der Waals surface area contributed by atoms with Crippen molar-refractivity contribution in [3.63, 3.8) is 0 Å². The maximum atomic E-state index is 12.6. The van der Waals surface area contributed by atoms with E-state index in [-0.39, 0.29) is 5.91 Å². The summed E-state index contributed by atoms with van der Waals surface area (Å²) in [6, 6.07) is 2.06. The van der Waals surface area contributed by atoms with Crippen molar-refractivity contribution >= 4 is 28.6 Å². The maximum absolute atomic E-state index is 12.6. The Morgan fingerprint density at radius 1 is 1.50 bits per heavy atom. The van der Waals surface area contributed by atoms with Crippen molar-refractivity contribution in [3.8, 4) is 10.6 Å². The molecule has 3 nitrogen and oxygen atoms in total. The minimum Gasteiger partial charge on any atom is -0.338 e. The van der Waals surface area contributed by atoms with Gasteiger partial charge in [-0.2, -0.15) is 11.3 Å². The van der Waals surface area contributed by atoms with Crippen LogP contribution in [0.3, 0.4) is 0 Å². The first-order valence-corrected chi connectivity index (χ1v) is 8.70. The van der Waals surface area contributed by atoms with E-state index in [1.807, 2.05) is 17.2 Å². The van der Waals surface area contributed by atoms with E-state index in [2.05, 4.69) is 23.4 Å². The number of aromatic nitrogens is 1. The monoisotopic (exact) mass is 306 g/mol. The first-order valence-electron chi connectivity index (χ1n) is 6.94. The Balaban J connectivity index is 1.85. The van der Waals surface area contributed by atoms with Gasteiger partial charge < -0.3 is 4.90 Å². The van der Waals surface area contributed by atoms with Crippen LogP contribution < -0.4 is 0 Å². The van der Waals surface area contributed by atoms with Crippen molar-refractivity contribution in [2.45, 2.75) is 26.7 Å². The number of aryl methyl sites for hydroxylation is 1. The molecule has 1 fully saturated rings. The lowest BCUT2D eigenvalue weighted by Gasteiger charge is -2.30. The van der Waals surface area contributed by atoms with E-state index >= 15 is 0 Å². The highest BCUT2D eigenvalue weighted by molar-refractivity contribution is 7.17. The number of carbonyl (C=O) groups is 1. The quantitative estimate of drug-likeness (QED) is 0.838. The van der Waals surface area contributed by atoms with Crippen LogP contribution in [0.5, 0.6) is 0 Å². The predicted molar refractivity (Wildman–Crippen MR) is 84.5 cm³/mol. The van der Waals surface area contributed by atoms with Gasteiger partial charge in [-0.25, -0.2) is 4.98 Å². The molecule has 3 rings (SSSR count). The average Bonchev–Trinajstić information content (AvgIpc) is 3.07. The minimum absolute atomic E-state index is 0.160. The van der Waals surface area contributed by atoms with Crippen LogP contribution in [0.4, 0.5) is 0 Å². The Hall–Kier alpha value is -1.20. The highest BCUT2D eigenvalue weighted by atomic mass is 32.1. The molecule has 20 heavy (non-hydrogen) atoms. The highest BCUT2D eigenvalue weighted by Crippen LogP contribution is 2.31. The van der Waals surface area contributed by atoms with Gasteiger partial charge in [0.1, 0.15) is 9.88 Å². The summed E-state index contributed by atoms with van der Waals surface area (Å²) in [5.41, 5.74) is 1.98. The zero-order valence-electron chi connectivity index (χ0n) is 11.8. The molecule has 0 saturated carbocycles. The lowest BCUT2D eigenvalue weighted by atomic mass is 10.0. The van der Waals surface area contributed by atoms with Crippen molar-refractivity contribution < 1.29 is 4.79 Å². The fourth-order valence-corrected chi connectivity index (χ4v) is 4.37. The van der Waals surface area contributed by atoms with E-state index in [0.717, 1.165) is 40.7 Å². The third-order valence-corrected chi connectivity index (χ3v) is 5.58. The SMILES string of the molecule is Cc1nc(-c2ccsc2)sc1C(=O)N1CCC[C@H](C)C1. The minimum atomic E-state index is 0.160. The summed E-state index contributed by atoms with van der Waals surface area (Å²) < 4.78 is 0. The summed E-state index contributed by atoms with van der Waals surface area (Å²) in [6.45, 7) is 5.92. The molecular formula is C15H18N2OS2. The second kappa shape index (κ2) is 5.66. The number of amides is 1. The fourth-order valence-electron chi connectivity index (χ4n) is 2.62. The summed E-state index contributed by atoms with van der Waals surface area (Å²) in [4.78, 5) is 20.0. The van der Waals surface area contributed by atoms with Crippen molar-refractivity contribution in [1.82, 2.24) is 9.88 Å². The molecule has 5 heteroatoms. The second-order valence-corrected chi connectivity index (χ2v) is 7.22. The van der Waals surface area contributed by atoms with Crippen LogP contribution in [0.2, 0.25) is 0 Å². The molecule has 1 aliphatic heterocycles.